The number of hydrogen-bond donors (Lipinski definition) is 2. The lowest BCUT2D eigenvalue weighted by atomic mass is 10.0. The SMILES string of the molecule is CC(O)(CNC(=O)c1ccc(F)cc1)Cc1ccco1. The van der Waals surface area contributed by atoms with E-state index in [1.54, 1.807) is 19.1 Å². The molecule has 1 unspecified atom stereocenters. The fourth-order valence-electron chi connectivity index (χ4n) is 1.83. The molecule has 0 spiro atoms. The van der Waals surface area contributed by atoms with Crippen LogP contribution in [0.1, 0.15) is 23.0 Å². The minimum atomic E-state index is -1.12. The molecule has 0 saturated heterocycles. The first-order valence-corrected chi connectivity index (χ1v) is 6.25. The first-order chi connectivity index (χ1) is 9.46. The van der Waals surface area contributed by atoms with Crippen LogP contribution in [0.25, 0.3) is 0 Å². The van der Waals surface area contributed by atoms with E-state index in [0.29, 0.717) is 17.7 Å². The van der Waals surface area contributed by atoms with Gasteiger partial charge in [-0.15, -0.1) is 0 Å². The zero-order chi connectivity index (χ0) is 14.6. The molecule has 5 heteroatoms. The van der Waals surface area contributed by atoms with Gasteiger partial charge in [0.2, 0.25) is 0 Å². The van der Waals surface area contributed by atoms with E-state index in [0.717, 1.165) is 0 Å². The average Bonchev–Trinajstić information content (AvgIpc) is 2.89. The minimum Gasteiger partial charge on any atom is -0.469 e. The molecular formula is C15H16FNO3. The predicted octanol–water partition coefficient (Wildman–Crippen LogP) is 2.14. The van der Waals surface area contributed by atoms with Crippen molar-refractivity contribution in [3.05, 3.63) is 59.8 Å². The summed E-state index contributed by atoms with van der Waals surface area (Å²) < 4.78 is 17.9. The number of aliphatic hydroxyl groups is 1. The molecule has 1 atom stereocenters. The van der Waals surface area contributed by atoms with Crippen LogP contribution in [0.3, 0.4) is 0 Å². The second kappa shape index (κ2) is 5.88. The van der Waals surface area contributed by atoms with E-state index in [1.807, 2.05) is 0 Å². The van der Waals surface area contributed by atoms with Crippen LogP contribution in [0.4, 0.5) is 4.39 Å². The summed E-state index contributed by atoms with van der Waals surface area (Å²) in [5.41, 5.74) is -0.770. The number of furan rings is 1. The first-order valence-electron chi connectivity index (χ1n) is 6.25. The molecule has 0 aliphatic heterocycles. The van der Waals surface area contributed by atoms with E-state index in [2.05, 4.69) is 5.32 Å². The molecule has 2 aromatic rings. The number of halogens is 1. The third-order valence-corrected chi connectivity index (χ3v) is 2.87. The maximum Gasteiger partial charge on any atom is 0.251 e. The highest BCUT2D eigenvalue weighted by Crippen LogP contribution is 2.13. The number of benzene rings is 1. The molecule has 1 aromatic heterocycles. The Bertz CT molecular complexity index is 561. The second-order valence-electron chi connectivity index (χ2n) is 4.94. The van der Waals surface area contributed by atoms with E-state index in [9.17, 15) is 14.3 Å². The molecule has 20 heavy (non-hydrogen) atoms. The lowest BCUT2D eigenvalue weighted by molar-refractivity contribution is 0.0510. The summed E-state index contributed by atoms with van der Waals surface area (Å²) in [6.07, 6.45) is 1.83. The van der Waals surface area contributed by atoms with E-state index >= 15 is 0 Å². The molecule has 0 aliphatic rings. The minimum absolute atomic E-state index is 0.0733. The van der Waals surface area contributed by atoms with Crippen LogP contribution in [0, 0.1) is 5.82 Å². The molecule has 4 nitrogen and oxygen atoms in total. The Morgan fingerprint density at radius 3 is 2.65 bits per heavy atom. The van der Waals surface area contributed by atoms with Crippen LogP contribution >= 0.6 is 0 Å². The Labute approximate surface area is 116 Å². The van der Waals surface area contributed by atoms with Crippen LogP contribution in [0.2, 0.25) is 0 Å². The first kappa shape index (κ1) is 14.3. The lowest BCUT2D eigenvalue weighted by Gasteiger charge is -2.22. The number of hydrogen-bond acceptors (Lipinski definition) is 3. The van der Waals surface area contributed by atoms with Gasteiger partial charge in [-0.05, 0) is 43.3 Å². The molecule has 0 aliphatic carbocycles. The predicted molar refractivity (Wildman–Crippen MR) is 71.8 cm³/mol. The summed E-state index contributed by atoms with van der Waals surface area (Å²) in [5.74, 6) is -0.109. The van der Waals surface area contributed by atoms with Gasteiger partial charge in [-0.2, -0.15) is 0 Å². The van der Waals surface area contributed by atoms with Gasteiger partial charge in [-0.1, -0.05) is 0 Å². The largest absolute Gasteiger partial charge is 0.469 e. The summed E-state index contributed by atoms with van der Waals surface area (Å²) in [5, 5.41) is 12.8. The third kappa shape index (κ3) is 3.93. The van der Waals surface area contributed by atoms with Crippen LogP contribution < -0.4 is 5.32 Å². The molecule has 2 N–H and O–H groups in total. The summed E-state index contributed by atoms with van der Waals surface area (Å²) in [4.78, 5) is 11.8. The van der Waals surface area contributed by atoms with Crippen molar-refractivity contribution in [1.29, 1.82) is 0 Å². The van der Waals surface area contributed by atoms with Crippen LogP contribution in [0.15, 0.2) is 47.1 Å². The summed E-state index contributed by atoms with van der Waals surface area (Å²) in [6, 6.07) is 8.72. The van der Waals surface area contributed by atoms with E-state index in [1.165, 1.54) is 30.5 Å². The average molecular weight is 277 g/mol. The van der Waals surface area contributed by atoms with Crippen LogP contribution in [-0.4, -0.2) is 23.2 Å². The molecule has 2 rings (SSSR count). The number of nitrogens with one attached hydrogen (secondary N) is 1. The topological polar surface area (TPSA) is 62.5 Å². The highest BCUT2D eigenvalue weighted by Gasteiger charge is 2.23. The fourth-order valence-corrected chi connectivity index (χ4v) is 1.83. The molecular weight excluding hydrogens is 261 g/mol. The Morgan fingerprint density at radius 2 is 2.05 bits per heavy atom. The Kier molecular flexibility index (Phi) is 4.20. The van der Waals surface area contributed by atoms with Crippen LogP contribution in [-0.2, 0) is 6.42 Å². The van der Waals surface area contributed by atoms with Crippen molar-refractivity contribution in [2.24, 2.45) is 0 Å². The standard InChI is InChI=1S/C15H16FNO3/c1-15(19,9-13-3-2-8-20-13)10-17-14(18)11-4-6-12(16)7-5-11/h2-8,19H,9-10H2,1H3,(H,17,18). The lowest BCUT2D eigenvalue weighted by Crippen LogP contribution is -2.42. The second-order valence-corrected chi connectivity index (χ2v) is 4.94. The molecule has 1 heterocycles. The number of rotatable bonds is 5. The normalized spacial score (nSPS) is 13.8. The van der Waals surface area contributed by atoms with Gasteiger partial charge in [-0.25, -0.2) is 4.39 Å². The number of carbonyl (C=O) groups is 1. The fraction of sp³-hybridized carbons (Fsp3) is 0.267. The van der Waals surface area contributed by atoms with Gasteiger partial charge in [0, 0.05) is 18.5 Å². The third-order valence-electron chi connectivity index (χ3n) is 2.87. The zero-order valence-corrected chi connectivity index (χ0v) is 11.1. The van der Waals surface area contributed by atoms with Crippen molar-refractivity contribution in [1.82, 2.24) is 5.32 Å². The maximum absolute atomic E-state index is 12.8. The van der Waals surface area contributed by atoms with Crippen molar-refractivity contribution in [2.75, 3.05) is 6.54 Å². The van der Waals surface area contributed by atoms with E-state index in [4.69, 9.17) is 4.42 Å². The van der Waals surface area contributed by atoms with Crippen LogP contribution in [0.5, 0.6) is 0 Å². The molecule has 0 fully saturated rings. The van der Waals surface area contributed by atoms with Gasteiger partial charge in [0.05, 0.1) is 11.9 Å². The molecule has 106 valence electrons. The van der Waals surface area contributed by atoms with Gasteiger partial charge in [-0.3, -0.25) is 4.79 Å². The summed E-state index contributed by atoms with van der Waals surface area (Å²) in [7, 11) is 0. The quantitative estimate of drug-likeness (QED) is 0.880. The Morgan fingerprint density at radius 1 is 1.35 bits per heavy atom. The highest BCUT2D eigenvalue weighted by atomic mass is 19.1. The zero-order valence-electron chi connectivity index (χ0n) is 11.1. The van der Waals surface area contributed by atoms with E-state index in [-0.39, 0.29) is 12.5 Å². The summed E-state index contributed by atoms with van der Waals surface area (Å²) >= 11 is 0. The van der Waals surface area contributed by atoms with Crippen molar-refractivity contribution in [2.45, 2.75) is 18.9 Å². The van der Waals surface area contributed by atoms with Gasteiger partial charge >= 0.3 is 0 Å². The van der Waals surface area contributed by atoms with Crippen molar-refractivity contribution in [3.63, 3.8) is 0 Å². The van der Waals surface area contributed by atoms with Crippen molar-refractivity contribution >= 4 is 5.91 Å². The molecule has 0 radical (unpaired) electrons. The number of carbonyl (C=O) groups excluding carboxylic acids is 1. The van der Waals surface area contributed by atoms with Gasteiger partial charge in [0.15, 0.2) is 0 Å². The molecule has 0 saturated carbocycles. The maximum atomic E-state index is 12.8. The van der Waals surface area contributed by atoms with Gasteiger partial charge in [0.1, 0.15) is 11.6 Å². The van der Waals surface area contributed by atoms with Gasteiger partial charge in [0.25, 0.3) is 5.91 Å². The molecule has 1 amide bonds. The molecule has 0 bridgehead atoms. The Balaban J connectivity index is 1.90. The summed E-state index contributed by atoms with van der Waals surface area (Å²) in [6.45, 7) is 1.68. The van der Waals surface area contributed by atoms with Crippen molar-refractivity contribution < 1.29 is 18.7 Å². The Hall–Kier alpha value is -2.14. The highest BCUT2D eigenvalue weighted by molar-refractivity contribution is 5.94. The van der Waals surface area contributed by atoms with E-state index < -0.39 is 11.4 Å². The smallest absolute Gasteiger partial charge is 0.251 e. The number of amides is 1. The van der Waals surface area contributed by atoms with Crippen molar-refractivity contribution in [3.8, 4) is 0 Å². The molecule has 1 aromatic carbocycles. The monoisotopic (exact) mass is 277 g/mol. The van der Waals surface area contributed by atoms with Gasteiger partial charge < -0.3 is 14.8 Å².